The number of hydrogen-bond donors (Lipinski definition) is 0. The van der Waals surface area contributed by atoms with Crippen LogP contribution in [0.2, 0.25) is 0 Å². The van der Waals surface area contributed by atoms with Crippen molar-refractivity contribution in [2.24, 2.45) is 5.41 Å². The van der Waals surface area contributed by atoms with E-state index in [2.05, 4.69) is 42.8 Å². The van der Waals surface area contributed by atoms with Crippen LogP contribution in [-0.2, 0) is 0 Å². The lowest BCUT2D eigenvalue weighted by molar-refractivity contribution is 0.0770. The van der Waals surface area contributed by atoms with Crippen molar-refractivity contribution >= 4 is 33.2 Å². The van der Waals surface area contributed by atoms with Crippen LogP contribution in [0.25, 0.3) is 0 Å². The van der Waals surface area contributed by atoms with E-state index in [-0.39, 0.29) is 11.3 Å². The molecule has 0 aliphatic carbocycles. The molecule has 1 aromatic heterocycles. The van der Waals surface area contributed by atoms with Gasteiger partial charge in [0.2, 0.25) is 0 Å². The van der Waals surface area contributed by atoms with Gasteiger partial charge in [-0.3, -0.25) is 4.79 Å². The van der Waals surface area contributed by atoms with Crippen LogP contribution in [0.5, 0.6) is 0 Å². The topological polar surface area (TPSA) is 20.3 Å². The molecule has 1 amide bonds. The van der Waals surface area contributed by atoms with Crippen molar-refractivity contribution in [1.29, 1.82) is 0 Å². The Morgan fingerprint density at radius 1 is 1.39 bits per heavy atom. The highest BCUT2D eigenvalue weighted by Gasteiger charge is 2.24. The van der Waals surface area contributed by atoms with E-state index >= 15 is 0 Å². The standard InChI is InChI=1S/C14H18BrNOS/c1-14(2,3)10-6-8-16(9-7-10)13(17)11-4-5-12(15)18-11/h4-6H,7-9H2,1-3H3. The molecule has 2 heterocycles. The van der Waals surface area contributed by atoms with Crippen LogP contribution in [0.3, 0.4) is 0 Å². The minimum atomic E-state index is 0.148. The second kappa shape index (κ2) is 5.17. The maximum Gasteiger partial charge on any atom is 0.264 e. The second-order valence-corrected chi connectivity index (χ2v) is 8.05. The van der Waals surface area contributed by atoms with Crippen molar-refractivity contribution in [3.8, 4) is 0 Å². The Hall–Kier alpha value is -0.610. The van der Waals surface area contributed by atoms with Gasteiger partial charge >= 0.3 is 0 Å². The fourth-order valence-electron chi connectivity index (χ4n) is 2.12. The third-order valence-electron chi connectivity index (χ3n) is 3.24. The molecule has 0 saturated carbocycles. The monoisotopic (exact) mass is 327 g/mol. The molecular weight excluding hydrogens is 310 g/mol. The highest BCUT2D eigenvalue weighted by Crippen LogP contribution is 2.31. The molecule has 2 nitrogen and oxygen atoms in total. The molecule has 0 spiro atoms. The Morgan fingerprint density at radius 3 is 2.56 bits per heavy atom. The van der Waals surface area contributed by atoms with Crippen LogP contribution < -0.4 is 0 Å². The van der Waals surface area contributed by atoms with Crippen LogP contribution >= 0.6 is 27.3 Å². The van der Waals surface area contributed by atoms with Gasteiger partial charge in [-0.25, -0.2) is 0 Å². The van der Waals surface area contributed by atoms with Gasteiger partial charge in [0.25, 0.3) is 5.91 Å². The van der Waals surface area contributed by atoms with Gasteiger partial charge in [0.15, 0.2) is 0 Å². The summed E-state index contributed by atoms with van der Waals surface area (Å²) < 4.78 is 1.01. The van der Waals surface area contributed by atoms with Crippen LogP contribution in [0, 0.1) is 5.41 Å². The van der Waals surface area contributed by atoms with E-state index in [1.165, 1.54) is 16.9 Å². The lowest BCUT2D eigenvalue weighted by Crippen LogP contribution is -2.36. The minimum absolute atomic E-state index is 0.148. The van der Waals surface area contributed by atoms with Crippen LogP contribution in [0.4, 0.5) is 0 Å². The van der Waals surface area contributed by atoms with Gasteiger partial charge < -0.3 is 4.90 Å². The largest absolute Gasteiger partial charge is 0.334 e. The van der Waals surface area contributed by atoms with E-state index in [4.69, 9.17) is 0 Å². The predicted octanol–water partition coefficient (Wildman–Crippen LogP) is 4.33. The van der Waals surface area contributed by atoms with Gasteiger partial charge in [-0.1, -0.05) is 32.4 Å². The number of thiophene rings is 1. The van der Waals surface area contributed by atoms with Gasteiger partial charge in [-0.2, -0.15) is 0 Å². The molecule has 1 aliphatic rings. The second-order valence-electron chi connectivity index (χ2n) is 5.58. The number of halogens is 1. The number of nitrogens with zero attached hydrogens (tertiary/aromatic N) is 1. The summed E-state index contributed by atoms with van der Waals surface area (Å²) in [5.41, 5.74) is 1.68. The number of carbonyl (C=O) groups is 1. The Labute approximate surface area is 121 Å². The van der Waals surface area contributed by atoms with Crippen molar-refractivity contribution in [2.45, 2.75) is 27.2 Å². The first-order valence-corrected chi connectivity index (χ1v) is 7.73. The first-order valence-electron chi connectivity index (χ1n) is 6.12. The number of carbonyl (C=O) groups excluding carboxylic acids is 1. The molecule has 98 valence electrons. The van der Waals surface area contributed by atoms with Gasteiger partial charge in [-0.05, 0) is 39.9 Å². The molecule has 2 rings (SSSR count). The molecule has 4 heteroatoms. The third-order valence-corrected chi connectivity index (χ3v) is 4.86. The molecule has 18 heavy (non-hydrogen) atoms. The first-order chi connectivity index (χ1) is 8.38. The Balaban J connectivity index is 2.06. The number of hydrogen-bond acceptors (Lipinski definition) is 2. The fraction of sp³-hybridized carbons (Fsp3) is 0.500. The van der Waals surface area contributed by atoms with Crippen LogP contribution in [-0.4, -0.2) is 23.9 Å². The lowest BCUT2D eigenvalue weighted by Gasteiger charge is -2.32. The molecule has 0 atom stereocenters. The normalized spacial score (nSPS) is 16.7. The van der Waals surface area contributed by atoms with E-state index in [0.29, 0.717) is 0 Å². The van der Waals surface area contributed by atoms with Gasteiger partial charge in [0.05, 0.1) is 8.66 Å². The van der Waals surface area contributed by atoms with Crippen molar-refractivity contribution in [3.05, 3.63) is 32.4 Å². The summed E-state index contributed by atoms with van der Waals surface area (Å²) in [4.78, 5) is 15.0. The predicted molar refractivity (Wildman–Crippen MR) is 80.1 cm³/mol. The summed E-state index contributed by atoms with van der Waals surface area (Å²) in [6, 6.07) is 3.82. The lowest BCUT2D eigenvalue weighted by atomic mass is 9.83. The van der Waals surface area contributed by atoms with E-state index in [1.54, 1.807) is 0 Å². The molecule has 0 bridgehead atoms. The smallest absolute Gasteiger partial charge is 0.264 e. The zero-order valence-electron chi connectivity index (χ0n) is 11.0. The SMILES string of the molecule is CC(C)(C)C1=CCN(C(=O)c2ccc(Br)s2)CC1. The van der Waals surface area contributed by atoms with E-state index in [0.717, 1.165) is 28.2 Å². The number of amides is 1. The quantitative estimate of drug-likeness (QED) is 0.703. The average molecular weight is 328 g/mol. The summed E-state index contributed by atoms with van der Waals surface area (Å²) in [5, 5.41) is 0. The van der Waals surface area contributed by atoms with Crippen molar-refractivity contribution in [2.75, 3.05) is 13.1 Å². The van der Waals surface area contributed by atoms with Gasteiger partial charge in [-0.15, -0.1) is 11.3 Å². The zero-order valence-corrected chi connectivity index (χ0v) is 13.4. The third kappa shape index (κ3) is 3.04. The Morgan fingerprint density at radius 2 is 2.11 bits per heavy atom. The molecule has 0 radical (unpaired) electrons. The molecule has 0 fully saturated rings. The molecule has 1 aromatic rings. The maximum atomic E-state index is 12.3. The summed E-state index contributed by atoms with van der Waals surface area (Å²) >= 11 is 4.90. The average Bonchev–Trinajstić information content (AvgIpc) is 2.74. The van der Waals surface area contributed by atoms with Crippen LogP contribution in [0.15, 0.2) is 27.6 Å². The molecule has 0 N–H and O–H groups in total. The van der Waals surface area contributed by atoms with E-state index < -0.39 is 0 Å². The van der Waals surface area contributed by atoms with Crippen LogP contribution in [0.1, 0.15) is 36.9 Å². The number of rotatable bonds is 1. The molecule has 0 unspecified atom stereocenters. The van der Waals surface area contributed by atoms with E-state index in [9.17, 15) is 4.79 Å². The molecule has 0 aromatic carbocycles. The van der Waals surface area contributed by atoms with E-state index in [1.807, 2.05) is 17.0 Å². The van der Waals surface area contributed by atoms with Crippen molar-refractivity contribution in [1.82, 2.24) is 4.90 Å². The highest BCUT2D eigenvalue weighted by molar-refractivity contribution is 9.11. The maximum absolute atomic E-state index is 12.3. The van der Waals surface area contributed by atoms with Crippen molar-refractivity contribution < 1.29 is 4.79 Å². The molecular formula is C14H18BrNOS. The minimum Gasteiger partial charge on any atom is -0.334 e. The summed E-state index contributed by atoms with van der Waals surface area (Å²) in [6.07, 6.45) is 3.20. The van der Waals surface area contributed by atoms with Gasteiger partial charge in [0, 0.05) is 13.1 Å². The fourth-order valence-corrected chi connectivity index (χ4v) is 3.47. The summed E-state index contributed by atoms with van der Waals surface area (Å²) in [5.74, 6) is 0.148. The molecule has 0 saturated heterocycles. The Bertz CT molecular complexity index is 484. The highest BCUT2D eigenvalue weighted by atomic mass is 79.9. The van der Waals surface area contributed by atoms with Crippen molar-refractivity contribution in [3.63, 3.8) is 0 Å². The summed E-state index contributed by atoms with van der Waals surface area (Å²) in [6.45, 7) is 8.25. The Kier molecular flexibility index (Phi) is 3.97. The zero-order chi connectivity index (χ0) is 13.3. The summed E-state index contributed by atoms with van der Waals surface area (Å²) in [7, 11) is 0. The molecule has 1 aliphatic heterocycles. The first kappa shape index (κ1) is 13.8. The van der Waals surface area contributed by atoms with Gasteiger partial charge in [0.1, 0.15) is 0 Å².